The molecule has 0 saturated carbocycles. The van der Waals surface area contributed by atoms with Gasteiger partial charge in [-0.25, -0.2) is 4.79 Å². The number of hydrogen-bond acceptors (Lipinski definition) is 7. The lowest BCUT2D eigenvalue weighted by Gasteiger charge is -2.49. The molecule has 2 aliphatic rings. The van der Waals surface area contributed by atoms with Crippen molar-refractivity contribution in [3.63, 3.8) is 0 Å². The van der Waals surface area contributed by atoms with Crippen LogP contribution < -0.4 is 5.32 Å². The lowest BCUT2D eigenvalue weighted by molar-refractivity contribution is -0.151. The summed E-state index contributed by atoms with van der Waals surface area (Å²) in [5.41, 5.74) is 8.71. The molecule has 25 heavy (non-hydrogen) atoms. The quantitative estimate of drug-likeness (QED) is 0.272. The number of rotatable bonds is 5. The van der Waals surface area contributed by atoms with Crippen LogP contribution in [0.15, 0.2) is 34.0 Å². The van der Waals surface area contributed by atoms with Gasteiger partial charge in [-0.1, -0.05) is 11.2 Å². The van der Waals surface area contributed by atoms with Gasteiger partial charge in [-0.15, -0.1) is 23.1 Å². The third-order valence-corrected chi connectivity index (χ3v) is 5.86. The number of amides is 2. The number of β-lactam (4-membered cyclic amide) rings is 1. The van der Waals surface area contributed by atoms with Gasteiger partial charge in [0.15, 0.2) is 0 Å². The van der Waals surface area contributed by atoms with Crippen LogP contribution >= 0.6 is 23.1 Å². The number of ether oxygens (including phenoxy) is 1. The molecule has 130 valence electrons. The molecule has 0 unspecified atom stereocenters. The van der Waals surface area contributed by atoms with Crippen molar-refractivity contribution in [2.75, 3.05) is 12.9 Å². The summed E-state index contributed by atoms with van der Waals surface area (Å²) in [5, 5.41) is 7.64. The zero-order valence-electron chi connectivity index (χ0n) is 13.0. The minimum Gasteiger partial charge on any atom is -0.464 e. The highest BCUT2D eigenvalue weighted by Gasteiger charge is 2.54. The van der Waals surface area contributed by atoms with E-state index in [4.69, 9.17) is 5.53 Å². The number of carbonyl (C=O) groups excluding carboxylic acids is 3. The molecule has 2 amide bonds. The van der Waals surface area contributed by atoms with Crippen molar-refractivity contribution in [3.8, 4) is 0 Å². The first-order valence-corrected chi connectivity index (χ1v) is 9.12. The number of thioether (sulfide) groups is 1. The van der Waals surface area contributed by atoms with Gasteiger partial charge >= 0.3 is 5.97 Å². The van der Waals surface area contributed by atoms with Crippen LogP contribution in [0.25, 0.3) is 10.4 Å². The largest absolute Gasteiger partial charge is 0.464 e. The second kappa shape index (κ2) is 7.18. The molecule has 1 N–H and O–H groups in total. The highest BCUT2D eigenvalue weighted by Crippen LogP contribution is 2.41. The number of fused-ring (bicyclic) bond motifs is 1. The molecule has 3 rings (SSSR count). The van der Waals surface area contributed by atoms with E-state index in [1.165, 1.54) is 35.1 Å². The number of nitrogens with zero attached hydrogens (tertiary/aromatic N) is 4. The molecule has 0 aliphatic carbocycles. The number of carbonyl (C=O) groups is 3. The Morgan fingerprint density at radius 2 is 2.36 bits per heavy atom. The molecule has 0 bridgehead atoms. The third kappa shape index (κ3) is 3.21. The molecule has 2 atom stereocenters. The summed E-state index contributed by atoms with van der Waals surface area (Å²) in [7, 11) is 1.18. The number of hydrogen-bond donors (Lipinski definition) is 1. The average molecular weight is 379 g/mol. The Balaban J connectivity index is 1.75. The number of thiophene rings is 1. The molecule has 0 radical (unpaired) electrons. The number of azide groups is 1. The Morgan fingerprint density at radius 3 is 3.00 bits per heavy atom. The van der Waals surface area contributed by atoms with Crippen molar-refractivity contribution < 1.29 is 19.1 Å². The van der Waals surface area contributed by atoms with E-state index in [1.807, 2.05) is 17.5 Å². The van der Waals surface area contributed by atoms with Gasteiger partial charge in [0.1, 0.15) is 17.1 Å². The van der Waals surface area contributed by atoms with Crippen molar-refractivity contribution in [2.45, 2.75) is 17.8 Å². The monoisotopic (exact) mass is 379 g/mol. The minimum absolute atomic E-state index is 0.0576. The van der Waals surface area contributed by atoms with Crippen LogP contribution in [0.5, 0.6) is 0 Å². The number of methoxy groups -OCH3 is 1. The lowest BCUT2D eigenvalue weighted by Crippen LogP contribution is -2.70. The van der Waals surface area contributed by atoms with Gasteiger partial charge < -0.3 is 10.1 Å². The maximum Gasteiger partial charge on any atom is 0.354 e. The van der Waals surface area contributed by atoms with Crippen LogP contribution in [0.2, 0.25) is 0 Å². The second-order valence-corrected chi connectivity index (χ2v) is 7.32. The van der Waals surface area contributed by atoms with Gasteiger partial charge in [-0.05, 0) is 17.0 Å². The van der Waals surface area contributed by atoms with Crippen molar-refractivity contribution in [2.24, 2.45) is 5.11 Å². The highest BCUT2D eigenvalue weighted by molar-refractivity contribution is 8.00. The van der Waals surface area contributed by atoms with E-state index in [1.54, 1.807) is 0 Å². The normalized spacial score (nSPS) is 21.8. The van der Waals surface area contributed by atoms with E-state index < -0.39 is 23.3 Å². The first-order valence-electron chi connectivity index (χ1n) is 7.19. The SMILES string of the molecule is COC(=O)C1=C(N=[N+]=[N-])CS[C@H]2[C@H](NC(=O)Cc3cccs3)C(=O)N12. The first-order chi connectivity index (χ1) is 12.1. The summed E-state index contributed by atoms with van der Waals surface area (Å²) in [6, 6.07) is 2.98. The fourth-order valence-corrected chi connectivity index (χ4v) is 4.58. The third-order valence-electron chi connectivity index (χ3n) is 3.72. The van der Waals surface area contributed by atoms with Crippen LogP contribution in [-0.2, 0) is 25.5 Å². The smallest absolute Gasteiger partial charge is 0.354 e. The predicted octanol–water partition coefficient (Wildman–Crippen LogP) is 1.39. The molecule has 9 nitrogen and oxygen atoms in total. The van der Waals surface area contributed by atoms with Gasteiger partial charge in [0.05, 0.1) is 19.2 Å². The molecule has 2 aliphatic heterocycles. The Hall–Kier alpha value is -2.49. The van der Waals surface area contributed by atoms with Gasteiger partial charge in [0.2, 0.25) is 5.91 Å². The van der Waals surface area contributed by atoms with E-state index in [2.05, 4.69) is 20.1 Å². The first kappa shape index (κ1) is 17.3. The van der Waals surface area contributed by atoms with Crippen molar-refractivity contribution in [3.05, 3.63) is 44.2 Å². The van der Waals surface area contributed by atoms with Gasteiger partial charge in [0, 0.05) is 15.5 Å². The van der Waals surface area contributed by atoms with Crippen molar-refractivity contribution in [1.29, 1.82) is 0 Å². The number of nitrogens with one attached hydrogen (secondary N) is 1. The summed E-state index contributed by atoms with van der Waals surface area (Å²) in [5.74, 6) is -1.18. The fourth-order valence-electron chi connectivity index (χ4n) is 2.62. The summed E-state index contributed by atoms with van der Waals surface area (Å²) in [4.78, 5) is 41.3. The molecule has 1 saturated heterocycles. The lowest BCUT2D eigenvalue weighted by atomic mass is 10.0. The predicted molar refractivity (Wildman–Crippen MR) is 91.2 cm³/mol. The molecule has 1 aromatic rings. The van der Waals surface area contributed by atoms with Crippen LogP contribution in [-0.4, -0.2) is 47.0 Å². The molecule has 0 aromatic carbocycles. The van der Waals surface area contributed by atoms with E-state index >= 15 is 0 Å². The van der Waals surface area contributed by atoms with Gasteiger partial charge in [-0.3, -0.25) is 14.5 Å². The van der Waals surface area contributed by atoms with E-state index in [0.717, 1.165) is 4.88 Å². The second-order valence-electron chi connectivity index (χ2n) is 5.19. The Morgan fingerprint density at radius 1 is 1.56 bits per heavy atom. The summed E-state index contributed by atoms with van der Waals surface area (Å²) in [6.07, 6.45) is 0.197. The standard InChI is InChI=1S/C14H13N5O4S2/c1-23-14(22)11-8(17-18-15)6-25-13-10(12(21)19(11)13)16-9(20)5-7-3-2-4-24-7/h2-4,10,13H,5-6H2,1H3,(H,16,20)/t10-,13+/m1/s1. The van der Waals surface area contributed by atoms with Gasteiger partial charge in [-0.2, -0.15) is 0 Å². The molecule has 1 fully saturated rings. The van der Waals surface area contributed by atoms with Crippen LogP contribution in [0.3, 0.4) is 0 Å². The highest BCUT2D eigenvalue weighted by atomic mass is 32.2. The zero-order valence-corrected chi connectivity index (χ0v) is 14.7. The summed E-state index contributed by atoms with van der Waals surface area (Å²) < 4.78 is 4.68. The molecular formula is C14H13N5O4S2. The summed E-state index contributed by atoms with van der Waals surface area (Å²) >= 11 is 2.78. The van der Waals surface area contributed by atoms with Crippen LogP contribution in [0.4, 0.5) is 0 Å². The number of esters is 1. The van der Waals surface area contributed by atoms with E-state index in [0.29, 0.717) is 0 Å². The maximum absolute atomic E-state index is 12.4. The van der Waals surface area contributed by atoms with Gasteiger partial charge in [0.25, 0.3) is 5.91 Å². The molecule has 1 aromatic heterocycles. The Kier molecular flexibility index (Phi) is 4.98. The molecular weight excluding hydrogens is 366 g/mol. The van der Waals surface area contributed by atoms with Crippen molar-refractivity contribution in [1.82, 2.24) is 10.2 Å². The van der Waals surface area contributed by atoms with Crippen molar-refractivity contribution >= 4 is 40.9 Å². The maximum atomic E-state index is 12.4. The van der Waals surface area contributed by atoms with E-state index in [-0.39, 0.29) is 29.5 Å². The fraction of sp³-hybridized carbons (Fsp3) is 0.357. The Bertz CT molecular complexity index is 800. The van der Waals surface area contributed by atoms with Crippen LogP contribution in [0, 0.1) is 0 Å². The molecule has 3 heterocycles. The topological polar surface area (TPSA) is 124 Å². The van der Waals surface area contributed by atoms with Crippen LogP contribution in [0.1, 0.15) is 4.88 Å². The Labute approximate surface area is 150 Å². The minimum atomic E-state index is -0.746. The van der Waals surface area contributed by atoms with E-state index in [9.17, 15) is 14.4 Å². The molecule has 0 spiro atoms. The zero-order chi connectivity index (χ0) is 18.0. The average Bonchev–Trinajstić information content (AvgIpc) is 3.11. The summed E-state index contributed by atoms with van der Waals surface area (Å²) in [6.45, 7) is 0. The molecule has 11 heteroatoms.